The van der Waals surface area contributed by atoms with Crippen LogP contribution in [0.3, 0.4) is 0 Å². The second kappa shape index (κ2) is 8.76. The minimum absolute atomic E-state index is 0.0658. The second-order valence-electron chi connectivity index (χ2n) is 11.9. The molecule has 0 heterocycles. The van der Waals surface area contributed by atoms with Crippen LogP contribution in [0.4, 0.5) is 0 Å². The number of rotatable bonds is 6. The number of hydrogen-bond donors (Lipinski definition) is 3. The van der Waals surface area contributed by atoms with Crippen LogP contribution in [0, 0.1) is 46.3 Å². The van der Waals surface area contributed by atoms with Gasteiger partial charge in [-0.1, -0.05) is 20.8 Å². The first-order chi connectivity index (χ1) is 14.9. The van der Waals surface area contributed by atoms with Crippen LogP contribution in [0.2, 0.25) is 0 Å². The van der Waals surface area contributed by atoms with E-state index in [1.807, 2.05) is 0 Å². The molecule has 3 N–H and O–H groups in total. The summed E-state index contributed by atoms with van der Waals surface area (Å²) in [4.78, 5) is 0. The van der Waals surface area contributed by atoms with Gasteiger partial charge in [0, 0.05) is 0 Å². The van der Waals surface area contributed by atoms with Gasteiger partial charge in [0.1, 0.15) is 0 Å². The smallest absolute Gasteiger partial charge is 0.217 e. The molecular formula is C24H41O7S-. The summed E-state index contributed by atoms with van der Waals surface area (Å²) in [5.41, 5.74) is -0.208. The van der Waals surface area contributed by atoms with Crippen LogP contribution in [-0.2, 0) is 14.6 Å². The van der Waals surface area contributed by atoms with E-state index in [1.54, 1.807) is 0 Å². The van der Waals surface area contributed by atoms with E-state index in [-0.39, 0.29) is 53.3 Å². The zero-order valence-corrected chi connectivity index (χ0v) is 20.5. The van der Waals surface area contributed by atoms with Gasteiger partial charge in [-0.15, -0.1) is 0 Å². The molecule has 0 bridgehead atoms. The molecule has 4 aliphatic carbocycles. The molecule has 8 heteroatoms. The van der Waals surface area contributed by atoms with E-state index >= 15 is 0 Å². The van der Waals surface area contributed by atoms with Crippen molar-refractivity contribution in [2.75, 3.05) is 6.61 Å². The van der Waals surface area contributed by atoms with Crippen molar-refractivity contribution in [2.24, 2.45) is 46.3 Å². The molecule has 0 radical (unpaired) electrons. The van der Waals surface area contributed by atoms with Crippen molar-refractivity contribution in [1.29, 1.82) is 0 Å². The predicted molar refractivity (Wildman–Crippen MR) is 118 cm³/mol. The van der Waals surface area contributed by atoms with Crippen molar-refractivity contribution < 1.29 is 32.5 Å². The number of hydrogen-bond acceptors (Lipinski definition) is 7. The molecule has 32 heavy (non-hydrogen) atoms. The van der Waals surface area contributed by atoms with Gasteiger partial charge in [0.05, 0.1) is 24.9 Å². The summed E-state index contributed by atoms with van der Waals surface area (Å²) in [6.45, 7) is 6.60. The summed E-state index contributed by atoms with van der Waals surface area (Å²) in [6, 6.07) is 0. The summed E-state index contributed by atoms with van der Waals surface area (Å²) in [7, 11) is -4.65. The van der Waals surface area contributed by atoms with Gasteiger partial charge in [-0.25, -0.2) is 8.42 Å². The Morgan fingerprint density at radius 2 is 1.78 bits per heavy atom. The Hall–Kier alpha value is -0.250. The molecule has 0 aromatic rings. The summed E-state index contributed by atoms with van der Waals surface area (Å²) in [5.74, 6) is 1.60. The monoisotopic (exact) mass is 473 g/mol. The largest absolute Gasteiger partial charge is 0.726 e. The average Bonchev–Trinajstić information content (AvgIpc) is 3.05. The first-order valence-corrected chi connectivity index (χ1v) is 13.9. The Balaban J connectivity index is 1.50. The third-order valence-corrected chi connectivity index (χ3v) is 11.0. The fourth-order valence-electron chi connectivity index (χ4n) is 8.90. The maximum atomic E-state index is 11.5. The molecule has 186 valence electrons. The lowest BCUT2D eigenvalue weighted by molar-refractivity contribution is -0.207. The van der Waals surface area contributed by atoms with Crippen LogP contribution >= 0.6 is 0 Å². The molecule has 4 aliphatic rings. The molecule has 0 aromatic carbocycles. The summed E-state index contributed by atoms with van der Waals surface area (Å²) >= 11 is 0. The first kappa shape index (κ1) is 24.9. The van der Waals surface area contributed by atoms with Gasteiger partial charge in [-0.05, 0) is 104 Å². The number of fused-ring (bicyclic) bond motifs is 5. The summed E-state index contributed by atoms with van der Waals surface area (Å²) < 4.78 is 36.4. The highest BCUT2D eigenvalue weighted by Gasteiger charge is 2.65. The lowest BCUT2D eigenvalue weighted by Gasteiger charge is -2.63. The molecule has 0 saturated heterocycles. The molecule has 11 atom stereocenters. The topological polar surface area (TPSA) is 127 Å². The first-order valence-electron chi connectivity index (χ1n) is 12.5. The highest BCUT2D eigenvalue weighted by atomic mass is 32.3. The van der Waals surface area contributed by atoms with Gasteiger partial charge in [0.15, 0.2) is 0 Å². The van der Waals surface area contributed by atoms with Gasteiger partial charge < -0.3 is 19.9 Å². The van der Waals surface area contributed by atoms with Crippen molar-refractivity contribution in [1.82, 2.24) is 0 Å². The average molecular weight is 474 g/mol. The van der Waals surface area contributed by atoms with E-state index in [9.17, 15) is 28.3 Å². The molecule has 4 fully saturated rings. The molecule has 4 rings (SSSR count). The molecule has 4 saturated carbocycles. The van der Waals surface area contributed by atoms with Gasteiger partial charge in [-0.3, -0.25) is 4.18 Å². The van der Waals surface area contributed by atoms with E-state index in [0.29, 0.717) is 24.7 Å². The third kappa shape index (κ3) is 4.17. The van der Waals surface area contributed by atoms with E-state index in [4.69, 9.17) is 0 Å². The normalized spacial score (nSPS) is 49.7. The van der Waals surface area contributed by atoms with E-state index in [2.05, 4.69) is 25.0 Å². The van der Waals surface area contributed by atoms with Crippen LogP contribution in [0.25, 0.3) is 0 Å². The molecular weight excluding hydrogens is 432 g/mol. The van der Waals surface area contributed by atoms with Crippen molar-refractivity contribution in [2.45, 2.75) is 96.9 Å². The maximum absolute atomic E-state index is 11.5. The van der Waals surface area contributed by atoms with Gasteiger partial charge in [-0.2, -0.15) is 0 Å². The quantitative estimate of drug-likeness (QED) is 0.307. The van der Waals surface area contributed by atoms with Gasteiger partial charge in [0.25, 0.3) is 0 Å². The Bertz CT molecular complexity index is 787. The molecule has 0 spiro atoms. The van der Waals surface area contributed by atoms with Crippen LogP contribution in [0.1, 0.15) is 78.6 Å². The van der Waals surface area contributed by atoms with Gasteiger partial charge in [0.2, 0.25) is 10.4 Å². The van der Waals surface area contributed by atoms with E-state index in [0.717, 1.165) is 44.9 Å². The summed E-state index contributed by atoms with van der Waals surface area (Å²) in [5, 5.41) is 33.1. The highest BCUT2D eigenvalue weighted by Crippen LogP contribution is 2.68. The Kier molecular flexibility index (Phi) is 6.80. The molecule has 0 amide bonds. The van der Waals surface area contributed by atoms with Gasteiger partial charge >= 0.3 is 0 Å². The minimum atomic E-state index is -4.65. The molecule has 0 aromatic heterocycles. The van der Waals surface area contributed by atoms with E-state index in [1.165, 1.54) is 0 Å². The van der Waals surface area contributed by atoms with Crippen molar-refractivity contribution in [3.8, 4) is 0 Å². The Morgan fingerprint density at radius 3 is 2.47 bits per heavy atom. The fraction of sp³-hybridized carbons (Fsp3) is 1.00. The fourth-order valence-corrected chi connectivity index (χ4v) is 9.22. The molecule has 0 unspecified atom stereocenters. The molecule has 7 nitrogen and oxygen atoms in total. The number of aliphatic hydroxyl groups excluding tert-OH is 3. The zero-order valence-electron chi connectivity index (χ0n) is 19.7. The number of aliphatic hydroxyl groups is 3. The van der Waals surface area contributed by atoms with Crippen LogP contribution in [0.5, 0.6) is 0 Å². The van der Waals surface area contributed by atoms with Crippen molar-refractivity contribution in [3.05, 3.63) is 0 Å². The Morgan fingerprint density at radius 1 is 1.06 bits per heavy atom. The van der Waals surface area contributed by atoms with Crippen molar-refractivity contribution in [3.63, 3.8) is 0 Å². The minimum Gasteiger partial charge on any atom is -0.726 e. The maximum Gasteiger partial charge on any atom is 0.217 e. The van der Waals surface area contributed by atoms with Crippen molar-refractivity contribution >= 4 is 10.4 Å². The zero-order chi connectivity index (χ0) is 23.5. The Labute approximate surface area is 192 Å². The summed E-state index contributed by atoms with van der Waals surface area (Å²) in [6.07, 6.45) is 6.12. The highest BCUT2D eigenvalue weighted by molar-refractivity contribution is 7.80. The predicted octanol–water partition coefficient (Wildman–Crippen LogP) is 2.84. The van der Waals surface area contributed by atoms with Crippen LogP contribution in [0.15, 0.2) is 0 Å². The lowest BCUT2D eigenvalue weighted by atomic mass is 9.43. The molecule has 0 aliphatic heterocycles. The van der Waals surface area contributed by atoms with Crippen LogP contribution < -0.4 is 0 Å². The lowest BCUT2D eigenvalue weighted by Crippen LogP contribution is -2.62. The standard InChI is InChI=1S/C24H42O7S/c1-14(5-4-10-31-32(28,29)30)17-6-7-18-22-19(13-21(27)24(17,18)3)23(2)9-8-16(25)11-15(23)12-20(22)26/h14-22,25-27H,4-13H2,1-3H3,(H,28,29,30)/p-1/t14-,15-,16-,17-,18+,19+,20-,21+,22+,23+,24-/m1/s1. The second-order valence-corrected chi connectivity index (χ2v) is 12.9. The van der Waals surface area contributed by atoms with Crippen LogP contribution in [-0.4, -0.2) is 53.2 Å². The SMILES string of the molecule is C[C@H](CCCOS(=O)(=O)[O-])[C@H]1CC[C@H]2[C@@H]3[C@H](O)C[C@H]4C[C@H](O)CC[C@]4(C)[C@H]3C[C@H](O)[C@]12C. The van der Waals surface area contributed by atoms with E-state index < -0.39 is 16.5 Å². The third-order valence-electron chi connectivity index (χ3n) is 10.6.